The highest BCUT2D eigenvalue weighted by molar-refractivity contribution is 4.55. The van der Waals surface area contributed by atoms with Gasteiger partial charge in [0, 0.05) is 13.7 Å². The minimum atomic E-state index is -0.0140. The Morgan fingerprint density at radius 3 is 1.27 bits per heavy atom. The van der Waals surface area contributed by atoms with E-state index >= 15 is 0 Å². The number of nitrogens with zero attached hydrogens (tertiary/aromatic N) is 1. The first kappa shape index (κ1) is 36.8. The number of methoxy groups -OCH3 is 1. The summed E-state index contributed by atoms with van der Waals surface area (Å²) in [7, 11) is 8.21. The maximum absolute atomic E-state index is 5.81. The van der Waals surface area contributed by atoms with E-state index in [2.05, 4.69) is 28.1 Å². The van der Waals surface area contributed by atoms with Gasteiger partial charge in [-0.25, -0.2) is 0 Å². The molecule has 0 N–H and O–H groups in total. The van der Waals surface area contributed by atoms with Gasteiger partial charge in [0.1, 0.15) is 12.6 Å². The minimum absolute atomic E-state index is 0.0140. The van der Waals surface area contributed by atoms with Gasteiger partial charge in [-0.2, -0.15) is 0 Å². The van der Waals surface area contributed by atoms with E-state index in [0.717, 1.165) is 30.7 Å². The molecule has 0 fully saturated rings. The molecule has 224 valence electrons. The first-order chi connectivity index (χ1) is 18.0. The summed E-state index contributed by atoms with van der Waals surface area (Å²) < 4.78 is 29.0. The highest BCUT2D eigenvalue weighted by Crippen LogP contribution is 2.13. The lowest BCUT2D eigenvalue weighted by atomic mass is 10.0. The fourth-order valence-electron chi connectivity index (χ4n) is 4.14. The highest BCUT2D eigenvalue weighted by Gasteiger charge is 2.08. The zero-order valence-electron chi connectivity index (χ0n) is 25.7. The number of unbranched alkanes of at least 4 members (excludes halogenated alkanes) is 15. The third-order valence-corrected chi connectivity index (χ3v) is 6.73. The second kappa shape index (κ2) is 28.8. The Bertz CT molecular complexity index is 430. The third-order valence-electron chi connectivity index (χ3n) is 6.73. The molecule has 0 aromatic rings. The molecule has 0 aliphatic rings. The lowest BCUT2D eigenvalue weighted by molar-refractivity contribution is -0.870. The van der Waals surface area contributed by atoms with Crippen LogP contribution in [0, 0.1) is 0 Å². The van der Waals surface area contributed by atoms with Crippen LogP contribution >= 0.6 is 0 Å². The molecular formula is C31H66NO5+. The smallest absolute Gasteiger partial charge is 0.104 e. The van der Waals surface area contributed by atoms with Gasteiger partial charge in [0.2, 0.25) is 0 Å². The number of ether oxygens (including phenoxy) is 5. The molecular weight excluding hydrogens is 466 g/mol. The van der Waals surface area contributed by atoms with Crippen LogP contribution in [0.4, 0.5) is 0 Å². The van der Waals surface area contributed by atoms with Crippen molar-refractivity contribution in [1.29, 1.82) is 0 Å². The van der Waals surface area contributed by atoms with Crippen molar-refractivity contribution in [2.75, 3.05) is 87.7 Å². The number of rotatable bonds is 31. The molecule has 0 spiro atoms. The van der Waals surface area contributed by atoms with Gasteiger partial charge in [-0.1, -0.05) is 103 Å². The van der Waals surface area contributed by atoms with E-state index in [1.54, 1.807) is 7.11 Å². The maximum atomic E-state index is 5.81. The van der Waals surface area contributed by atoms with Crippen LogP contribution < -0.4 is 0 Å². The Balaban J connectivity index is 3.27. The topological polar surface area (TPSA) is 46.2 Å². The number of quaternary nitrogens is 1. The number of hydrogen-bond acceptors (Lipinski definition) is 5. The van der Waals surface area contributed by atoms with Crippen molar-refractivity contribution < 1.29 is 28.2 Å². The van der Waals surface area contributed by atoms with Crippen LogP contribution in [0.5, 0.6) is 0 Å². The Morgan fingerprint density at radius 1 is 0.459 bits per heavy atom. The van der Waals surface area contributed by atoms with Crippen molar-refractivity contribution in [1.82, 2.24) is 0 Å². The van der Waals surface area contributed by atoms with Crippen LogP contribution in [0.25, 0.3) is 0 Å². The summed E-state index contributed by atoms with van der Waals surface area (Å²) in [6.07, 6.45) is 22.2. The van der Waals surface area contributed by atoms with E-state index in [9.17, 15) is 0 Å². The van der Waals surface area contributed by atoms with Gasteiger partial charge >= 0.3 is 0 Å². The van der Waals surface area contributed by atoms with Gasteiger partial charge in [-0.05, 0) is 6.42 Å². The van der Waals surface area contributed by atoms with Crippen LogP contribution in [-0.4, -0.2) is 98.2 Å². The van der Waals surface area contributed by atoms with E-state index in [-0.39, 0.29) is 6.10 Å². The molecule has 6 heteroatoms. The molecule has 0 heterocycles. The quantitative estimate of drug-likeness (QED) is 0.0708. The normalized spacial score (nSPS) is 12.9. The van der Waals surface area contributed by atoms with Crippen molar-refractivity contribution in [3.63, 3.8) is 0 Å². The zero-order valence-corrected chi connectivity index (χ0v) is 25.7. The van der Waals surface area contributed by atoms with Crippen LogP contribution in [0.1, 0.15) is 110 Å². The zero-order chi connectivity index (χ0) is 27.3. The summed E-state index contributed by atoms with van der Waals surface area (Å²) in [5, 5.41) is 0. The molecule has 37 heavy (non-hydrogen) atoms. The summed E-state index contributed by atoms with van der Waals surface area (Å²) in [4.78, 5) is 0. The van der Waals surface area contributed by atoms with E-state index in [4.69, 9.17) is 23.7 Å². The number of hydrogen-bond donors (Lipinski definition) is 0. The first-order valence-corrected chi connectivity index (χ1v) is 15.6. The van der Waals surface area contributed by atoms with Gasteiger partial charge in [-0.15, -0.1) is 0 Å². The summed E-state index contributed by atoms with van der Waals surface area (Å²) in [5.74, 6) is 0. The van der Waals surface area contributed by atoms with Gasteiger partial charge in [0.05, 0.1) is 67.4 Å². The maximum Gasteiger partial charge on any atom is 0.104 e. The Kier molecular flexibility index (Phi) is 28.6. The Labute approximate surface area is 231 Å². The second-order valence-electron chi connectivity index (χ2n) is 11.5. The molecule has 0 aliphatic carbocycles. The van der Waals surface area contributed by atoms with E-state index in [1.165, 1.54) is 96.3 Å². The molecule has 0 amide bonds. The molecule has 1 unspecified atom stereocenters. The highest BCUT2D eigenvalue weighted by atomic mass is 16.6. The molecule has 0 radical (unpaired) electrons. The summed E-state index contributed by atoms with van der Waals surface area (Å²) in [5.41, 5.74) is 0. The molecule has 0 saturated carbocycles. The van der Waals surface area contributed by atoms with Crippen LogP contribution in [0.2, 0.25) is 0 Å². The molecule has 0 aliphatic heterocycles. The molecule has 6 nitrogen and oxygen atoms in total. The molecule has 1 atom stereocenters. The van der Waals surface area contributed by atoms with E-state index in [1.807, 2.05) is 0 Å². The van der Waals surface area contributed by atoms with Crippen LogP contribution in [-0.2, 0) is 23.7 Å². The minimum Gasteiger partial charge on any atom is -0.379 e. The van der Waals surface area contributed by atoms with Gasteiger partial charge in [0.15, 0.2) is 0 Å². The van der Waals surface area contributed by atoms with Gasteiger partial charge in [-0.3, -0.25) is 0 Å². The molecule has 0 aromatic carbocycles. The van der Waals surface area contributed by atoms with Gasteiger partial charge in [0.25, 0.3) is 0 Å². The van der Waals surface area contributed by atoms with Crippen molar-refractivity contribution in [2.24, 2.45) is 0 Å². The third kappa shape index (κ3) is 31.9. The lowest BCUT2D eigenvalue weighted by Gasteiger charge is -2.23. The summed E-state index contributed by atoms with van der Waals surface area (Å²) in [6, 6.07) is 0. The largest absolute Gasteiger partial charge is 0.379 e. The van der Waals surface area contributed by atoms with Crippen molar-refractivity contribution >= 4 is 0 Å². The van der Waals surface area contributed by atoms with E-state index in [0.29, 0.717) is 39.6 Å². The molecule has 0 saturated heterocycles. The van der Waals surface area contributed by atoms with E-state index < -0.39 is 0 Å². The first-order valence-electron chi connectivity index (χ1n) is 15.6. The summed E-state index contributed by atoms with van der Waals surface area (Å²) >= 11 is 0. The predicted molar refractivity (Wildman–Crippen MR) is 157 cm³/mol. The Hall–Kier alpha value is -0.240. The molecule has 0 rings (SSSR count). The Morgan fingerprint density at radius 2 is 0.838 bits per heavy atom. The average Bonchev–Trinajstić information content (AvgIpc) is 2.87. The van der Waals surface area contributed by atoms with Crippen molar-refractivity contribution in [3.8, 4) is 0 Å². The molecule has 0 bridgehead atoms. The fourth-order valence-corrected chi connectivity index (χ4v) is 4.14. The number of likely N-dealkylation sites (N-methyl/N-ethyl adjacent to an activating group) is 1. The summed E-state index contributed by atoms with van der Waals surface area (Å²) in [6.45, 7) is 8.39. The van der Waals surface area contributed by atoms with Crippen LogP contribution in [0.3, 0.4) is 0 Å². The molecule has 0 aromatic heterocycles. The standard InChI is InChI=1S/C31H66NO5/c1-6-7-8-9-10-11-12-13-14-15-16-17-18-19-20-21-23-36-29-31(33-5)30-37-28-27-35-26-25-34-24-22-32(2,3)4/h31H,6-30H2,1-5H3/q+1. The van der Waals surface area contributed by atoms with Crippen molar-refractivity contribution in [3.05, 3.63) is 0 Å². The fraction of sp³-hybridized carbons (Fsp3) is 1.00. The van der Waals surface area contributed by atoms with Crippen molar-refractivity contribution in [2.45, 2.75) is 116 Å². The van der Waals surface area contributed by atoms with Crippen LogP contribution in [0.15, 0.2) is 0 Å². The predicted octanol–water partition coefficient (Wildman–Crippen LogP) is 7.04. The second-order valence-corrected chi connectivity index (χ2v) is 11.5. The monoisotopic (exact) mass is 532 g/mol. The average molecular weight is 533 g/mol. The van der Waals surface area contributed by atoms with Gasteiger partial charge < -0.3 is 28.2 Å². The lowest BCUT2D eigenvalue weighted by Crippen LogP contribution is -2.37. The SMILES string of the molecule is CCCCCCCCCCCCCCCCCCOCC(COCCOCCOCC[N+](C)(C)C)OC.